The first-order valence-electron chi connectivity index (χ1n) is 10.8. The van der Waals surface area contributed by atoms with Crippen molar-refractivity contribution in [3.8, 4) is 5.75 Å². The third-order valence-electron chi connectivity index (χ3n) is 5.89. The number of nitrogens with one attached hydrogen (secondary N) is 1. The van der Waals surface area contributed by atoms with Gasteiger partial charge in [0.25, 0.3) is 5.91 Å². The maximum atomic E-state index is 12.1. The molecule has 0 aromatic heterocycles. The molecule has 0 bridgehead atoms. The highest BCUT2D eigenvalue weighted by atomic mass is 35.5. The lowest BCUT2D eigenvalue weighted by Gasteiger charge is -2.32. The molecule has 0 saturated heterocycles. The molecule has 6 nitrogen and oxygen atoms in total. The number of carbonyl (C=O) groups is 3. The average Bonchev–Trinajstić information content (AvgIpc) is 3.02. The van der Waals surface area contributed by atoms with E-state index < -0.39 is 5.60 Å². The number of benzene rings is 1. The third-order valence-corrected chi connectivity index (χ3v) is 6.74. The van der Waals surface area contributed by atoms with Gasteiger partial charge in [-0.3, -0.25) is 14.4 Å². The zero-order chi connectivity index (χ0) is 23.7. The Morgan fingerprint density at radius 2 is 1.94 bits per heavy atom. The van der Waals surface area contributed by atoms with Gasteiger partial charge in [-0.05, 0) is 63.3 Å². The molecule has 0 fully saturated rings. The molecule has 32 heavy (non-hydrogen) atoms. The molecule has 0 saturated carbocycles. The Labute approximate surface area is 198 Å². The Kier molecular flexibility index (Phi) is 7.25. The van der Waals surface area contributed by atoms with Crippen LogP contribution in [-0.2, 0) is 25.5 Å². The number of allylic oxidation sites excluding steroid dienone is 2. The first-order chi connectivity index (χ1) is 15.0. The van der Waals surface area contributed by atoms with Crippen LogP contribution in [0.1, 0.15) is 64.5 Å². The van der Waals surface area contributed by atoms with E-state index in [1.807, 2.05) is 6.07 Å². The van der Waals surface area contributed by atoms with Crippen LogP contribution in [0.4, 0.5) is 0 Å². The molecular weight excluding hydrogens is 453 g/mol. The molecule has 0 heterocycles. The maximum Gasteiger partial charge on any atom is 0.308 e. The number of halogens is 2. The summed E-state index contributed by atoms with van der Waals surface area (Å²) in [5, 5.41) is 3.20. The van der Waals surface area contributed by atoms with Gasteiger partial charge in [0.2, 0.25) is 0 Å². The Morgan fingerprint density at radius 1 is 1.22 bits per heavy atom. The maximum absolute atomic E-state index is 12.1. The van der Waals surface area contributed by atoms with E-state index in [4.69, 9.17) is 32.7 Å². The fourth-order valence-corrected chi connectivity index (χ4v) is 4.86. The molecule has 2 aliphatic rings. The number of ketones is 1. The molecule has 0 spiro atoms. The lowest BCUT2D eigenvalue weighted by molar-refractivity contribution is -0.154. The van der Waals surface area contributed by atoms with Crippen molar-refractivity contribution in [3.63, 3.8) is 0 Å². The predicted molar refractivity (Wildman–Crippen MR) is 124 cm³/mol. The van der Waals surface area contributed by atoms with E-state index in [-0.39, 0.29) is 47.7 Å². The number of esters is 1. The van der Waals surface area contributed by atoms with Gasteiger partial charge in [0, 0.05) is 23.9 Å². The molecule has 3 rings (SSSR count). The summed E-state index contributed by atoms with van der Waals surface area (Å²) in [5.74, 6) is -0.332. The van der Waals surface area contributed by atoms with Gasteiger partial charge in [0.05, 0.1) is 11.4 Å². The van der Waals surface area contributed by atoms with Crippen LogP contribution in [0.25, 0.3) is 5.57 Å². The normalized spacial score (nSPS) is 19.7. The minimum atomic E-state index is -0.564. The van der Waals surface area contributed by atoms with Gasteiger partial charge in [-0.2, -0.15) is 0 Å². The topological polar surface area (TPSA) is 81.7 Å². The van der Waals surface area contributed by atoms with E-state index in [9.17, 15) is 14.4 Å². The molecule has 2 aliphatic carbocycles. The van der Waals surface area contributed by atoms with Crippen molar-refractivity contribution >= 4 is 46.4 Å². The highest BCUT2D eigenvalue weighted by Crippen LogP contribution is 2.57. The molecule has 0 radical (unpaired) electrons. The van der Waals surface area contributed by atoms with Gasteiger partial charge in [0.15, 0.2) is 12.4 Å². The second kappa shape index (κ2) is 9.44. The first kappa shape index (κ1) is 24.6. The Balaban J connectivity index is 1.65. The molecule has 1 aromatic carbocycles. The highest BCUT2D eigenvalue weighted by molar-refractivity contribution is 6.44. The standard InChI is InChI=1S/C24H29Cl2NO5/c1-5-24-8-6-15(28)11-16(24)20-14(12-24)10-17(21(25)22(20)26)31-13-18(29)27-9-7-19(30)32-23(2,3)4/h10-11H,5-9,12-13H2,1-4H3,(H,27,29). The summed E-state index contributed by atoms with van der Waals surface area (Å²) >= 11 is 13.1. The molecule has 1 aromatic rings. The van der Waals surface area contributed by atoms with E-state index in [1.165, 1.54) is 0 Å². The second-order valence-electron chi connectivity index (χ2n) is 9.35. The molecule has 174 valence electrons. The first-order valence-corrected chi connectivity index (χ1v) is 11.6. The van der Waals surface area contributed by atoms with Crippen LogP contribution in [0, 0.1) is 5.41 Å². The number of hydrogen-bond donors (Lipinski definition) is 1. The number of rotatable bonds is 7. The molecule has 1 unspecified atom stereocenters. The van der Waals surface area contributed by atoms with E-state index in [0.29, 0.717) is 17.2 Å². The fraction of sp³-hybridized carbons (Fsp3) is 0.542. The lowest BCUT2D eigenvalue weighted by atomic mass is 9.71. The van der Waals surface area contributed by atoms with Crippen LogP contribution in [-0.4, -0.2) is 36.4 Å². The summed E-state index contributed by atoms with van der Waals surface area (Å²) < 4.78 is 10.9. The van der Waals surface area contributed by atoms with Gasteiger partial charge in [-0.15, -0.1) is 0 Å². The molecule has 8 heteroatoms. The SMILES string of the molecule is CCC12CCC(=O)C=C1c1c(cc(OCC(=O)NCCC(=O)OC(C)(C)C)c(Cl)c1Cl)C2. The van der Waals surface area contributed by atoms with Crippen molar-refractivity contribution in [2.75, 3.05) is 13.2 Å². The predicted octanol–water partition coefficient (Wildman–Crippen LogP) is 4.92. The number of amides is 1. The summed E-state index contributed by atoms with van der Waals surface area (Å²) in [6.45, 7) is 7.36. The van der Waals surface area contributed by atoms with Crippen LogP contribution >= 0.6 is 23.2 Å². The van der Waals surface area contributed by atoms with Crippen LogP contribution in [0.2, 0.25) is 10.0 Å². The minimum Gasteiger partial charge on any atom is -0.482 e. The number of fused-ring (bicyclic) bond motifs is 3. The zero-order valence-electron chi connectivity index (χ0n) is 18.9. The molecular formula is C24H29Cl2NO5. The molecule has 1 N–H and O–H groups in total. The van der Waals surface area contributed by atoms with Gasteiger partial charge in [-0.1, -0.05) is 30.1 Å². The van der Waals surface area contributed by atoms with Gasteiger partial charge >= 0.3 is 5.97 Å². The third kappa shape index (κ3) is 5.29. The van der Waals surface area contributed by atoms with E-state index in [1.54, 1.807) is 26.8 Å². The van der Waals surface area contributed by atoms with Gasteiger partial charge in [0.1, 0.15) is 16.4 Å². The van der Waals surface area contributed by atoms with E-state index >= 15 is 0 Å². The zero-order valence-corrected chi connectivity index (χ0v) is 20.4. The number of carbonyl (C=O) groups excluding carboxylic acids is 3. The van der Waals surface area contributed by atoms with Crippen molar-refractivity contribution in [1.82, 2.24) is 5.32 Å². The Morgan fingerprint density at radius 3 is 2.59 bits per heavy atom. The summed E-state index contributed by atoms with van der Waals surface area (Å²) in [5.41, 5.74) is 2.08. The largest absolute Gasteiger partial charge is 0.482 e. The fourth-order valence-electron chi connectivity index (χ4n) is 4.34. The molecule has 1 amide bonds. The second-order valence-corrected chi connectivity index (χ2v) is 10.1. The molecule has 1 atom stereocenters. The van der Waals surface area contributed by atoms with Crippen molar-refractivity contribution in [3.05, 3.63) is 33.3 Å². The average molecular weight is 482 g/mol. The van der Waals surface area contributed by atoms with Crippen LogP contribution in [0.5, 0.6) is 5.75 Å². The van der Waals surface area contributed by atoms with Crippen LogP contribution in [0.3, 0.4) is 0 Å². The van der Waals surface area contributed by atoms with E-state index in [0.717, 1.165) is 36.0 Å². The van der Waals surface area contributed by atoms with Crippen molar-refractivity contribution in [1.29, 1.82) is 0 Å². The highest BCUT2D eigenvalue weighted by Gasteiger charge is 2.44. The minimum absolute atomic E-state index is 0.0708. The van der Waals surface area contributed by atoms with E-state index in [2.05, 4.69) is 12.2 Å². The molecule has 0 aliphatic heterocycles. The Bertz CT molecular complexity index is 980. The van der Waals surface area contributed by atoms with Crippen molar-refractivity contribution in [2.24, 2.45) is 5.41 Å². The van der Waals surface area contributed by atoms with Crippen molar-refractivity contribution < 1.29 is 23.9 Å². The van der Waals surface area contributed by atoms with Gasteiger partial charge in [-0.25, -0.2) is 0 Å². The monoisotopic (exact) mass is 481 g/mol. The lowest BCUT2D eigenvalue weighted by Crippen LogP contribution is -2.32. The van der Waals surface area contributed by atoms with Crippen LogP contribution in [0.15, 0.2) is 12.1 Å². The van der Waals surface area contributed by atoms with Crippen molar-refractivity contribution in [2.45, 2.75) is 65.4 Å². The summed E-state index contributed by atoms with van der Waals surface area (Å²) in [7, 11) is 0. The quantitative estimate of drug-likeness (QED) is 0.558. The van der Waals surface area contributed by atoms with Gasteiger partial charge < -0.3 is 14.8 Å². The number of hydrogen-bond acceptors (Lipinski definition) is 5. The summed E-state index contributed by atoms with van der Waals surface area (Å²) in [4.78, 5) is 35.9. The Hall–Kier alpha value is -2.05. The summed E-state index contributed by atoms with van der Waals surface area (Å²) in [6, 6.07) is 1.82. The summed E-state index contributed by atoms with van der Waals surface area (Å²) in [6.07, 6.45) is 4.75. The van der Waals surface area contributed by atoms with Crippen LogP contribution < -0.4 is 10.1 Å². The number of ether oxygens (including phenoxy) is 2. The smallest absolute Gasteiger partial charge is 0.308 e.